The smallest absolute Gasteiger partial charge is 0.408 e. The van der Waals surface area contributed by atoms with E-state index < -0.39 is 29.3 Å². The van der Waals surface area contributed by atoms with E-state index in [1.54, 1.807) is 24.3 Å². The summed E-state index contributed by atoms with van der Waals surface area (Å²) in [6, 6.07) is 19.9. The van der Waals surface area contributed by atoms with Crippen LogP contribution in [0.1, 0.15) is 23.6 Å². The average Bonchev–Trinajstić information content (AvgIpc) is 2.90. The van der Waals surface area contributed by atoms with E-state index in [2.05, 4.69) is 5.32 Å². The van der Waals surface area contributed by atoms with Crippen LogP contribution in [0, 0.1) is 20.2 Å². The van der Waals surface area contributed by atoms with Gasteiger partial charge in [-0.3, -0.25) is 24.8 Å². The summed E-state index contributed by atoms with van der Waals surface area (Å²) in [5, 5.41) is 24.2. The molecule has 0 saturated heterocycles. The predicted molar refractivity (Wildman–Crippen MR) is 133 cm³/mol. The molecule has 0 aromatic heterocycles. The first-order valence-electron chi connectivity index (χ1n) is 11.0. The largest absolute Gasteiger partial charge is 0.445 e. The van der Waals surface area contributed by atoms with Crippen molar-refractivity contribution in [2.45, 2.75) is 32.5 Å². The van der Waals surface area contributed by atoms with Crippen LogP contribution in [-0.4, -0.2) is 21.7 Å². The summed E-state index contributed by atoms with van der Waals surface area (Å²) in [5.41, 5.74) is 1.51. The van der Waals surface area contributed by atoms with Crippen LogP contribution >= 0.6 is 7.60 Å². The number of carbonyl (C=O) groups excluding carboxylic acids is 1. The average molecular weight is 529 g/mol. The highest BCUT2D eigenvalue weighted by Gasteiger charge is 2.35. The number of amides is 1. The highest BCUT2D eigenvalue weighted by molar-refractivity contribution is 7.54. The summed E-state index contributed by atoms with van der Waals surface area (Å²) in [6.07, 6.45) is -0.838. The molecule has 0 bridgehead atoms. The van der Waals surface area contributed by atoms with Crippen molar-refractivity contribution in [2.75, 3.05) is 0 Å². The van der Waals surface area contributed by atoms with Crippen LogP contribution in [0.2, 0.25) is 0 Å². The number of ether oxygens (including phenoxy) is 1. The van der Waals surface area contributed by atoms with Crippen molar-refractivity contribution in [3.63, 3.8) is 0 Å². The highest BCUT2D eigenvalue weighted by Crippen LogP contribution is 2.53. The van der Waals surface area contributed by atoms with Gasteiger partial charge in [-0.2, -0.15) is 0 Å². The molecule has 3 aromatic carbocycles. The third-order valence-corrected chi connectivity index (χ3v) is 7.19. The minimum Gasteiger partial charge on any atom is -0.445 e. The molecular weight excluding hydrogens is 505 g/mol. The van der Waals surface area contributed by atoms with E-state index in [1.165, 1.54) is 55.5 Å². The van der Waals surface area contributed by atoms with E-state index in [0.29, 0.717) is 11.1 Å². The fourth-order valence-corrected chi connectivity index (χ4v) is 4.48. The molecule has 0 aliphatic carbocycles. The van der Waals surface area contributed by atoms with Gasteiger partial charge in [-0.15, -0.1) is 0 Å². The summed E-state index contributed by atoms with van der Waals surface area (Å²) in [7, 11) is -4.03. The quantitative estimate of drug-likeness (QED) is 0.176. The molecule has 0 heterocycles. The number of non-ortho nitro benzene ring substituents is 2. The second kappa shape index (κ2) is 12.7. The van der Waals surface area contributed by atoms with Crippen molar-refractivity contribution in [3.8, 4) is 0 Å². The Hall–Kier alpha value is -4.12. The van der Waals surface area contributed by atoms with Crippen LogP contribution in [0.3, 0.4) is 0 Å². The van der Waals surface area contributed by atoms with Crippen LogP contribution in [-0.2, 0) is 38.2 Å². The van der Waals surface area contributed by atoms with Crippen molar-refractivity contribution < 1.29 is 33.0 Å². The molecule has 1 N–H and O–H groups in total. The van der Waals surface area contributed by atoms with Crippen molar-refractivity contribution >= 4 is 25.1 Å². The number of carbonyl (C=O) groups is 1. The molecule has 0 radical (unpaired) electrons. The molecule has 0 aliphatic heterocycles. The molecule has 37 heavy (non-hydrogen) atoms. The lowest BCUT2D eigenvalue weighted by molar-refractivity contribution is -0.385. The minimum atomic E-state index is -4.03. The number of nitro groups is 2. The Morgan fingerprint density at radius 3 is 1.65 bits per heavy atom. The third-order valence-electron chi connectivity index (χ3n) is 5.13. The number of nitrogens with zero attached hydrogens (tertiary/aromatic N) is 2. The maximum absolute atomic E-state index is 13.7. The van der Waals surface area contributed by atoms with Crippen LogP contribution in [0.5, 0.6) is 0 Å². The molecule has 0 aliphatic rings. The molecule has 0 fully saturated rings. The van der Waals surface area contributed by atoms with Gasteiger partial charge in [0.1, 0.15) is 12.4 Å². The summed E-state index contributed by atoms with van der Waals surface area (Å²) in [4.78, 5) is 33.0. The van der Waals surface area contributed by atoms with Gasteiger partial charge in [0, 0.05) is 24.3 Å². The van der Waals surface area contributed by atoms with E-state index in [0.717, 1.165) is 5.56 Å². The molecule has 1 unspecified atom stereocenters. The van der Waals surface area contributed by atoms with Crippen LogP contribution in [0.4, 0.5) is 16.2 Å². The fraction of sp³-hybridized carbons (Fsp3) is 0.208. The molecular formula is C24H24N3O9P. The molecule has 1 atom stereocenters. The van der Waals surface area contributed by atoms with Gasteiger partial charge in [0.15, 0.2) is 0 Å². The number of nitro benzene ring substituents is 2. The van der Waals surface area contributed by atoms with Crippen molar-refractivity contribution in [2.24, 2.45) is 0 Å². The number of rotatable bonds is 12. The number of benzene rings is 3. The molecule has 0 spiro atoms. The first-order chi connectivity index (χ1) is 17.7. The second-order valence-corrected chi connectivity index (χ2v) is 10.2. The van der Waals surface area contributed by atoms with Crippen molar-refractivity contribution in [1.29, 1.82) is 0 Å². The molecule has 1 amide bonds. The molecule has 3 aromatic rings. The first kappa shape index (κ1) is 27.5. The highest BCUT2D eigenvalue weighted by atomic mass is 31.2. The van der Waals surface area contributed by atoms with Gasteiger partial charge in [0.05, 0.1) is 23.1 Å². The monoisotopic (exact) mass is 529 g/mol. The molecule has 0 saturated carbocycles. The number of hydrogen-bond donors (Lipinski definition) is 1. The van der Waals surface area contributed by atoms with E-state index in [4.69, 9.17) is 13.8 Å². The Bertz CT molecular complexity index is 1200. The standard InChI is InChI=1S/C24H24N3O9P/c1-18(25-24(28)34-15-19-5-3-2-4-6-19)37(33,35-16-20-7-11-22(12-8-20)26(29)30)36-17-21-9-13-23(14-10-21)27(31)32/h2-14,18H,15-17H2,1H3,(H,25,28). The number of nitrogens with one attached hydrogen (secondary N) is 1. The molecule has 3 rings (SSSR count). The Labute approximate surface area is 212 Å². The third kappa shape index (κ3) is 8.21. The predicted octanol–water partition coefficient (Wildman–Crippen LogP) is 5.70. The van der Waals surface area contributed by atoms with E-state index in [9.17, 15) is 29.6 Å². The maximum atomic E-state index is 13.7. The van der Waals surface area contributed by atoms with Gasteiger partial charge in [0.2, 0.25) is 0 Å². The lowest BCUT2D eigenvalue weighted by Gasteiger charge is -2.25. The minimum absolute atomic E-state index is 0.00298. The van der Waals surface area contributed by atoms with Crippen LogP contribution in [0.25, 0.3) is 0 Å². The van der Waals surface area contributed by atoms with Gasteiger partial charge in [0.25, 0.3) is 11.4 Å². The van der Waals surface area contributed by atoms with Crippen LogP contribution < -0.4 is 5.32 Å². The van der Waals surface area contributed by atoms with Gasteiger partial charge in [-0.05, 0) is 47.9 Å². The Kier molecular flexibility index (Phi) is 9.45. The number of hydrogen-bond acceptors (Lipinski definition) is 9. The molecule has 194 valence electrons. The van der Waals surface area contributed by atoms with Gasteiger partial charge < -0.3 is 19.1 Å². The first-order valence-corrected chi connectivity index (χ1v) is 12.6. The van der Waals surface area contributed by atoms with E-state index in [-0.39, 0.29) is 31.2 Å². The van der Waals surface area contributed by atoms with E-state index in [1.807, 2.05) is 6.07 Å². The fourth-order valence-electron chi connectivity index (χ4n) is 3.03. The molecule has 12 nitrogen and oxygen atoms in total. The van der Waals surface area contributed by atoms with Gasteiger partial charge in [-0.25, -0.2) is 4.79 Å². The van der Waals surface area contributed by atoms with Gasteiger partial charge >= 0.3 is 13.7 Å². The lowest BCUT2D eigenvalue weighted by atomic mass is 10.2. The summed E-state index contributed by atoms with van der Waals surface area (Å²) >= 11 is 0. The van der Waals surface area contributed by atoms with Crippen molar-refractivity contribution in [3.05, 3.63) is 116 Å². The molecule has 13 heteroatoms. The zero-order valence-corrected chi connectivity index (χ0v) is 20.6. The zero-order valence-electron chi connectivity index (χ0n) is 19.7. The maximum Gasteiger partial charge on any atom is 0.408 e. The Balaban J connectivity index is 1.68. The summed E-state index contributed by atoms with van der Waals surface area (Å²) in [5.74, 6) is -1.13. The number of alkyl carbamates (subject to hydrolysis) is 1. The van der Waals surface area contributed by atoms with Crippen LogP contribution in [0.15, 0.2) is 78.9 Å². The lowest BCUT2D eigenvalue weighted by Crippen LogP contribution is -2.34. The topological polar surface area (TPSA) is 160 Å². The zero-order chi connectivity index (χ0) is 26.8. The summed E-state index contributed by atoms with van der Waals surface area (Å²) in [6.45, 7) is 0.981. The SMILES string of the molecule is CC(NC(=O)OCc1ccccc1)P(=O)(OCc1ccc([N+](=O)[O-])cc1)OCc1ccc([N+](=O)[O-])cc1. The normalized spacial score (nSPS) is 11.9. The van der Waals surface area contributed by atoms with E-state index >= 15 is 0 Å². The van der Waals surface area contributed by atoms with Crippen molar-refractivity contribution in [1.82, 2.24) is 5.32 Å². The Morgan fingerprint density at radius 1 is 0.784 bits per heavy atom. The summed E-state index contributed by atoms with van der Waals surface area (Å²) < 4.78 is 30.1. The second-order valence-electron chi connectivity index (χ2n) is 7.82. The Morgan fingerprint density at radius 2 is 1.22 bits per heavy atom. The van der Waals surface area contributed by atoms with Gasteiger partial charge in [-0.1, -0.05) is 30.3 Å².